The lowest BCUT2D eigenvalue weighted by Crippen LogP contribution is -2.42. The minimum Gasteiger partial charge on any atom is -0.317 e. The van der Waals surface area contributed by atoms with Crippen LogP contribution in [0.3, 0.4) is 0 Å². The smallest absolute Gasteiger partial charge is 0.214 e. The van der Waals surface area contributed by atoms with Crippen molar-refractivity contribution >= 4 is 10.0 Å². The van der Waals surface area contributed by atoms with Gasteiger partial charge in [-0.2, -0.15) is 0 Å². The second-order valence-electron chi connectivity index (χ2n) is 4.99. The average molecular weight is 246 g/mol. The minimum atomic E-state index is -3.06. The largest absolute Gasteiger partial charge is 0.317 e. The molecule has 1 aliphatic carbocycles. The van der Waals surface area contributed by atoms with Crippen LogP contribution in [0.5, 0.6) is 0 Å². The highest BCUT2D eigenvalue weighted by Gasteiger charge is 2.27. The van der Waals surface area contributed by atoms with E-state index in [0.29, 0.717) is 12.5 Å². The van der Waals surface area contributed by atoms with Gasteiger partial charge in [0.2, 0.25) is 10.0 Å². The molecular formula is C11H22N2O2S. The fraction of sp³-hybridized carbons (Fsp3) is 1.00. The molecule has 1 saturated carbocycles. The third kappa shape index (κ3) is 3.18. The molecule has 2 aliphatic rings. The molecule has 2 N–H and O–H groups in total. The van der Waals surface area contributed by atoms with E-state index in [-0.39, 0.29) is 5.25 Å². The summed E-state index contributed by atoms with van der Waals surface area (Å²) < 4.78 is 26.8. The van der Waals surface area contributed by atoms with E-state index in [1.807, 2.05) is 0 Å². The Bertz CT molecular complexity index is 304. The van der Waals surface area contributed by atoms with Crippen LogP contribution in [-0.4, -0.2) is 33.3 Å². The zero-order valence-electron chi connectivity index (χ0n) is 9.74. The van der Waals surface area contributed by atoms with Crippen molar-refractivity contribution in [3.8, 4) is 0 Å². The van der Waals surface area contributed by atoms with Crippen LogP contribution in [0.15, 0.2) is 0 Å². The molecule has 0 atom stereocenters. The quantitative estimate of drug-likeness (QED) is 0.773. The van der Waals surface area contributed by atoms with Gasteiger partial charge in [-0.3, -0.25) is 0 Å². The summed E-state index contributed by atoms with van der Waals surface area (Å²) in [6, 6.07) is 0. The Morgan fingerprint density at radius 2 is 1.69 bits per heavy atom. The van der Waals surface area contributed by atoms with Crippen molar-refractivity contribution < 1.29 is 8.42 Å². The molecule has 4 nitrogen and oxygen atoms in total. The fourth-order valence-electron chi connectivity index (χ4n) is 2.67. The van der Waals surface area contributed by atoms with Gasteiger partial charge in [-0.1, -0.05) is 12.8 Å². The van der Waals surface area contributed by atoms with Gasteiger partial charge in [0, 0.05) is 6.54 Å². The maximum atomic E-state index is 12.0. The highest BCUT2D eigenvalue weighted by molar-refractivity contribution is 7.90. The third-order valence-electron chi connectivity index (χ3n) is 3.77. The molecule has 0 unspecified atom stereocenters. The summed E-state index contributed by atoms with van der Waals surface area (Å²) in [5.41, 5.74) is 0. The highest BCUT2D eigenvalue weighted by Crippen LogP contribution is 2.24. The molecule has 0 spiro atoms. The zero-order chi connectivity index (χ0) is 11.4. The Morgan fingerprint density at radius 1 is 1.06 bits per heavy atom. The normalized spacial score (nSPS) is 25.0. The first kappa shape index (κ1) is 12.3. The second kappa shape index (κ2) is 5.47. The molecule has 0 amide bonds. The third-order valence-corrected chi connectivity index (χ3v) is 5.69. The molecule has 2 rings (SSSR count). The van der Waals surface area contributed by atoms with E-state index >= 15 is 0 Å². The molecule has 0 radical (unpaired) electrons. The summed E-state index contributed by atoms with van der Waals surface area (Å²) in [6.07, 6.45) is 6.41. The van der Waals surface area contributed by atoms with Crippen molar-refractivity contribution in [2.75, 3.05) is 19.6 Å². The fourth-order valence-corrected chi connectivity index (χ4v) is 4.23. The van der Waals surface area contributed by atoms with Gasteiger partial charge in [-0.25, -0.2) is 13.1 Å². The summed E-state index contributed by atoms with van der Waals surface area (Å²) >= 11 is 0. The Balaban J connectivity index is 1.81. The number of piperidine rings is 1. The predicted molar refractivity (Wildman–Crippen MR) is 64.8 cm³/mol. The van der Waals surface area contributed by atoms with Crippen molar-refractivity contribution in [1.29, 1.82) is 0 Å². The summed E-state index contributed by atoms with van der Waals surface area (Å²) in [4.78, 5) is 0. The lowest BCUT2D eigenvalue weighted by molar-refractivity contribution is 0.476. The first-order valence-electron chi connectivity index (χ1n) is 6.38. The Hall–Kier alpha value is -0.130. The van der Waals surface area contributed by atoms with E-state index in [4.69, 9.17) is 0 Å². The van der Waals surface area contributed by atoms with Crippen molar-refractivity contribution in [2.24, 2.45) is 5.92 Å². The standard InChI is InChI=1S/C11H22N2O2S/c14-16(15,11-5-7-12-8-6-11)13-9-10-3-1-2-4-10/h10-13H,1-9H2. The molecule has 1 aliphatic heterocycles. The maximum Gasteiger partial charge on any atom is 0.214 e. The van der Waals surface area contributed by atoms with Crippen LogP contribution in [0.2, 0.25) is 0 Å². The molecule has 0 bridgehead atoms. The van der Waals surface area contributed by atoms with Crippen LogP contribution < -0.4 is 10.0 Å². The van der Waals surface area contributed by atoms with Crippen LogP contribution in [0.1, 0.15) is 38.5 Å². The van der Waals surface area contributed by atoms with Gasteiger partial charge in [0.05, 0.1) is 5.25 Å². The lowest BCUT2D eigenvalue weighted by Gasteiger charge is -2.23. The number of hydrogen-bond acceptors (Lipinski definition) is 3. The molecule has 16 heavy (non-hydrogen) atoms. The van der Waals surface area contributed by atoms with Gasteiger partial charge in [0.1, 0.15) is 0 Å². The first-order chi connectivity index (χ1) is 7.68. The molecule has 5 heteroatoms. The second-order valence-corrected chi connectivity index (χ2v) is 7.04. The van der Waals surface area contributed by atoms with Gasteiger partial charge in [-0.15, -0.1) is 0 Å². The van der Waals surface area contributed by atoms with Crippen LogP contribution in [-0.2, 0) is 10.0 Å². The summed E-state index contributed by atoms with van der Waals surface area (Å²) in [5, 5.41) is 3.02. The Kier molecular flexibility index (Phi) is 4.21. The predicted octanol–water partition coefficient (Wildman–Crippen LogP) is 0.848. The minimum absolute atomic E-state index is 0.171. The van der Waals surface area contributed by atoms with Crippen LogP contribution in [0.4, 0.5) is 0 Å². The van der Waals surface area contributed by atoms with Gasteiger partial charge >= 0.3 is 0 Å². The highest BCUT2D eigenvalue weighted by atomic mass is 32.2. The van der Waals surface area contributed by atoms with Crippen molar-refractivity contribution in [1.82, 2.24) is 10.0 Å². The topological polar surface area (TPSA) is 58.2 Å². The first-order valence-corrected chi connectivity index (χ1v) is 7.92. The Morgan fingerprint density at radius 3 is 2.31 bits per heavy atom. The van der Waals surface area contributed by atoms with E-state index in [2.05, 4.69) is 10.0 Å². The van der Waals surface area contributed by atoms with E-state index in [9.17, 15) is 8.42 Å². The lowest BCUT2D eigenvalue weighted by atomic mass is 10.1. The monoisotopic (exact) mass is 246 g/mol. The molecule has 1 heterocycles. The van der Waals surface area contributed by atoms with Crippen molar-refractivity contribution in [3.63, 3.8) is 0 Å². The van der Waals surface area contributed by atoms with Crippen molar-refractivity contribution in [3.05, 3.63) is 0 Å². The van der Waals surface area contributed by atoms with Crippen LogP contribution in [0.25, 0.3) is 0 Å². The van der Waals surface area contributed by atoms with E-state index in [1.165, 1.54) is 25.7 Å². The SMILES string of the molecule is O=S(=O)(NCC1CCCC1)C1CCNCC1. The number of hydrogen-bond donors (Lipinski definition) is 2. The van der Waals surface area contributed by atoms with E-state index < -0.39 is 10.0 Å². The van der Waals surface area contributed by atoms with Gasteiger partial charge in [-0.05, 0) is 44.7 Å². The number of sulfonamides is 1. The van der Waals surface area contributed by atoms with E-state index in [0.717, 1.165) is 25.9 Å². The number of rotatable bonds is 4. The average Bonchev–Trinajstić information content (AvgIpc) is 2.81. The molecule has 1 saturated heterocycles. The summed E-state index contributed by atoms with van der Waals surface area (Å²) in [6.45, 7) is 2.32. The summed E-state index contributed by atoms with van der Waals surface area (Å²) in [5.74, 6) is 0.580. The molecule has 94 valence electrons. The molecule has 0 aromatic rings. The van der Waals surface area contributed by atoms with Gasteiger partial charge in [0.25, 0.3) is 0 Å². The van der Waals surface area contributed by atoms with Crippen molar-refractivity contribution in [2.45, 2.75) is 43.8 Å². The Labute approximate surface area is 98.2 Å². The number of nitrogens with one attached hydrogen (secondary N) is 2. The molecule has 0 aromatic heterocycles. The van der Waals surface area contributed by atoms with Crippen LogP contribution in [0, 0.1) is 5.92 Å². The maximum absolute atomic E-state index is 12.0. The summed E-state index contributed by atoms with van der Waals surface area (Å²) in [7, 11) is -3.06. The molecule has 2 fully saturated rings. The van der Waals surface area contributed by atoms with Crippen LogP contribution >= 0.6 is 0 Å². The van der Waals surface area contributed by atoms with E-state index in [1.54, 1.807) is 0 Å². The zero-order valence-corrected chi connectivity index (χ0v) is 10.6. The molecule has 0 aromatic carbocycles. The van der Waals surface area contributed by atoms with Gasteiger partial charge in [0.15, 0.2) is 0 Å². The van der Waals surface area contributed by atoms with Gasteiger partial charge < -0.3 is 5.32 Å². The molecular weight excluding hydrogens is 224 g/mol.